The number of rotatable bonds is 3. The first kappa shape index (κ1) is 11.1. The zero-order valence-electron chi connectivity index (χ0n) is 9.16. The van der Waals surface area contributed by atoms with Crippen molar-refractivity contribution in [2.24, 2.45) is 11.1 Å². The van der Waals surface area contributed by atoms with Gasteiger partial charge in [-0.1, -0.05) is 23.4 Å². The molecule has 0 aliphatic carbocycles. The van der Waals surface area contributed by atoms with Gasteiger partial charge in [-0.2, -0.15) is 5.26 Å². The van der Waals surface area contributed by atoms with Crippen LogP contribution in [0.3, 0.4) is 0 Å². The summed E-state index contributed by atoms with van der Waals surface area (Å²) in [4.78, 5) is 16.1. The number of benzene rings is 1. The highest BCUT2D eigenvalue weighted by Crippen LogP contribution is 2.34. The Bertz CT molecular complexity index is 505. The number of fused-ring (bicyclic) bond motifs is 1. The number of esters is 1. The highest BCUT2D eigenvalue weighted by atomic mass is 16.6. The molecule has 0 radical (unpaired) electrons. The van der Waals surface area contributed by atoms with Crippen molar-refractivity contribution >= 4 is 12.2 Å². The van der Waals surface area contributed by atoms with Crippen molar-refractivity contribution in [1.29, 1.82) is 5.26 Å². The number of carbonyl (C=O) groups is 1. The Kier molecular flexibility index (Phi) is 3.06. The second kappa shape index (κ2) is 4.66. The quantitative estimate of drug-likeness (QED) is 0.450. The molecule has 0 aromatic heterocycles. The van der Waals surface area contributed by atoms with E-state index in [1.165, 1.54) is 13.3 Å². The molecule has 1 aliphatic rings. The first-order chi connectivity index (χ1) is 8.27. The molecule has 0 fully saturated rings. The average molecular weight is 230 g/mol. The first-order valence-electron chi connectivity index (χ1n) is 5.04. The van der Waals surface area contributed by atoms with Crippen LogP contribution in [0.15, 0.2) is 29.4 Å². The number of carbonyl (C=O) groups excluding carboxylic acids is 1. The van der Waals surface area contributed by atoms with Crippen LogP contribution < -0.4 is 0 Å². The molecule has 2 rings (SSSR count). The van der Waals surface area contributed by atoms with Crippen molar-refractivity contribution in [3.63, 3.8) is 0 Å². The Morgan fingerprint density at radius 3 is 3.06 bits per heavy atom. The normalized spacial score (nSPS) is 19.5. The predicted molar refractivity (Wildman–Crippen MR) is 59.2 cm³/mol. The SMILES string of the molecule is CO/N=C\[C@H](C#N)[C@H]1OC(=O)c2ccccc21. The van der Waals surface area contributed by atoms with E-state index in [4.69, 9.17) is 10.00 Å². The van der Waals surface area contributed by atoms with Crippen molar-refractivity contribution in [2.45, 2.75) is 6.10 Å². The Hall–Kier alpha value is -2.35. The Morgan fingerprint density at radius 2 is 2.35 bits per heavy atom. The predicted octanol–water partition coefficient (Wildman–Crippen LogP) is 1.67. The summed E-state index contributed by atoms with van der Waals surface area (Å²) in [7, 11) is 1.39. The lowest BCUT2D eigenvalue weighted by Gasteiger charge is -2.12. The molecule has 0 bridgehead atoms. The summed E-state index contributed by atoms with van der Waals surface area (Å²) in [6.45, 7) is 0. The number of hydrogen-bond donors (Lipinski definition) is 0. The van der Waals surface area contributed by atoms with Crippen LogP contribution in [0.1, 0.15) is 22.0 Å². The largest absolute Gasteiger partial charge is 0.452 e. The van der Waals surface area contributed by atoms with Gasteiger partial charge in [0.1, 0.15) is 19.1 Å². The number of oxime groups is 1. The molecule has 0 N–H and O–H groups in total. The van der Waals surface area contributed by atoms with Gasteiger partial charge < -0.3 is 9.57 Å². The van der Waals surface area contributed by atoms with Gasteiger partial charge in [-0.15, -0.1) is 0 Å². The maximum atomic E-state index is 11.6. The van der Waals surface area contributed by atoms with E-state index in [-0.39, 0.29) is 0 Å². The second-order valence-electron chi connectivity index (χ2n) is 3.51. The molecule has 17 heavy (non-hydrogen) atoms. The summed E-state index contributed by atoms with van der Waals surface area (Å²) in [5.74, 6) is -1.06. The van der Waals surface area contributed by atoms with Crippen LogP contribution in [0.4, 0.5) is 0 Å². The van der Waals surface area contributed by atoms with E-state index in [1.807, 2.05) is 6.07 Å². The fraction of sp³-hybridized carbons (Fsp3) is 0.250. The lowest BCUT2D eigenvalue weighted by Crippen LogP contribution is -2.12. The average Bonchev–Trinajstić information content (AvgIpc) is 2.69. The van der Waals surface area contributed by atoms with E-state index < -0.39 is 18.0 Å². The van der Waals surface area contributed by atoms with Crippen molar-refractivity contribution < 1.29 is 14.4 Å². The van der Waals surface area contributed by atoms with Gasteiger partial charge in [0.2, 0.25) is 0 Å². The van der Waals surface area contributed by atoms with Crippen LogP contribution in [-0.4, -0.2) is 19.3 Å². The summed E-state index contributed by atoms with van der Waals surface area (Å²) >= 11 is 0. The highest BCUT2D eigenvalue weighted by Gasteiger charge is 2.35. The topological polar surface area (TPSA) is 71.7 Å². The molecule has 2 atom stereocenters. The monoisotopic (exact) mass is 230 g/mol. The molecule has 5 heteroatoms. The Labute approximate surface area is 98.2 Å². The minimum absolute atomic E-state index is 0.406. The van der Waals surface area contributed by atoms with E-state index in [0.717, 1.165) is 0 Å². The van der Waals surface area contributed by atoms with Crippen LogP contribution in [0.2, 0.25) is 0 Å². The number of nitriles is 1. The molecule has 5 nitrogen and oxygen atoms in total. The molecular formula is C12H10N2O3. The minimum Gasteiger partial charge on any atom is -0.452 e. The highest BCUT2D eigenvalue weighted by molar-refractivity contribution is 5.94. The van der Waals surface area contributed by atoms with Gasteiger partial charge in [0, 0.05) is 5.56 Å². The van der Waals surface area contributed by atoms with Crippen molar-refractivity contribution in [3.05, 3.63) is 35.4 Å². The molecule has 86 valence electrons. The van der Waals surface area contributed by atoms with Gasteiger partial charge in [-0.25, -0.2) is 4.79 Å². The molecule has 0 amide bonds. The number of hydrogen-bond acceptors (Lipinski definition) is 5. The summed E-state index contributed by atoms with van der Waals surface area (Å²) in [6.07, 6.45) is 0.725. The van der Waals surface area contributed by atoms with Crippen molar-refractivity contribution in [3.8, 4) is 6.07 Å². The summed E-state index contributed by atoms with van der Waals surface area (Å²) < 4.78 is 5.17. The van der Waals surface area contributed by atoms with Gasteiger partial charge in [0.05, 0.1) is 17.8 Å². The molecule has 1 heterocycles. The number of nitrogens with zero attached hydrogens (tertiary/aromatic N) is 2. The van der Waals surface area contributed by atoms with E-state index >= 15 is 0 Å². The minimum atomic E-state index is -0.650. The van der Waals surface area contributed by atoms with E-state index in [0.29, 0.717) is 11.1 Å². The fourth-order valence-electron chi connectivity index (χ4n) is 1.75. The lowest BCUT2D eigenvalue weighted by atomic mass is 9.96. The van der Waals surface area contributed by atoms with Gasteiger partial charge in [-0.3, -0.25) is 0 Å². The zero-order chi connectivity index (χ0) is 12.3. The smallest absolute Gasteiger partial charge is 0.339 e. The molecule has 1 aromatic carbocycles. The summed E-state index contributed by atoms with van der Waals surface area (Å²) in [5.41, 5.74) is 1.22. The standard InChI is InChI=1S/C12H10N2O3/c1-16-14-7-8(6-13)11-9-4-2-3-5-10(9)12(15)17-11/h2-5,7-8,11H,1H3/b14-7-/t8-,11+/m0/s1. The first-order valence-corrected chi connectivity index (χ1v) is 5.04. The second-order valence-corrected chi connectivity index (χ2v) is 3.51. The van der Waals surface area contributed by atoms with Gasteiger partial charge in [-0.05, 0) is 6.07 Å². The van der Waals surface area contributed by atoms with Crippen molar-refractivity contribution in [1.82, 2.24) is 0 Å². The van der Waals surface area contributed by atoms with Crippen LogP contribution in [-0.2, 0) is 9.57 Å². The third-order valence-electron chi connectivity index (χ3n) is 2.52. The molecule has 0 unspecified atom stereocenters. The van der Waals surface area contributed by atoms with E-state index in [2.05, 4.69) is 9.99 Å². The summed E-state index contributed by atoms with van der Waals surface area (Å²) in [6, 6.07) is 9.05. The molecule has 1 aromatic rings. The van der Waals surface area contributed by atoms with Crippen LogP contribution in [0.5, 0.6) is 0 Å². The number of cyclic esters (lactones) is 1. The maximum absolute atomic E-state index is 11.6. The van der Waals surface area contributed by atoms with Crippen LogP contribution in [0.25, 0.3) is 0 Å². The van der Waals surface area contributed by atoms with Crippen LogP contribution >= 0.6 is 0 Å². The maximum Gasteiger partial charge on any atom is 0.339 e. The molecule has 1 aliphatic heterocycles. The lowest BCUT2D eigenvalue weighted by molar-refractivity contribution is 0.0353. The Morgan fingerprint density at radius 1 is 1.59 bits per heavy atom. The fourth-order valence-corrected chi connectivity index (χ4v) is 1.75. The van der Waals surface area contributed by atoms with Crippen molar-refractivity contribution in [2.75, 3.05) is 7.11 Å². The molecule has 0 spiro atoms. The molecule has 0 saturated heterocycles. The van der Waals surface area contributed by atoms with E-state index in [1.54, 1.807) is 24.3 Å². The number of ether oxygens (including phenoxy) is 1. The third kappa shape index (κ3) is 1.97. The van der Waals surface area contributed by atoms with E-state index in [9.17, 15) is 4.79 Å². The van der Waals surface area contributed by atoms with Gasteiger partial charge in [0.15, 0.2) is 0 Å². The van der Waals surface area contributed by atoms with Gasteiger partial charge >= 0.3 is 5.97 Å². The van der Waals surface area contributed by atoms with Crippen LogP contribution in [0, 0.1) is 17.2 Å². The zero-order valence-corrected chi connectivity index (χ0v) is 9.16. The Balaban J connectivity index is 2.33. The third-order valence-corrected chi connectivity index (χ3v) is 2.52. The molecule has 0 saturated carbocycles. The van der Waals surface area contributed by atoms with Gasteiger partial charge in [0.25, 0.3) is 0 Å². The summed E-state index contributed by atoms with van der Waals surface area (Å²) in [5, 5.41) is 12.6. The molecular weight excluding hydrogens is 220 g/mol.